The Labute approximate surface area is 409 Å². The first-order chi connectivity index (χ1) is 35.1. The molecule has 330 valence electrons. The Balaban J connectivity index is 0.885. The molecule has 0 bridgehead atoms. The highest BCUT2D eigenvalue weighted by molar-refractivity contribution is 6.14. The number of hydrogen-bond acceptors (Lipinski definition) is 2. The van der Waals surface area contributed by atoms with Crippen LogP contribution in [0.25, 0.3) is 132 Å². The molecule has 4 heterocycles. The second kappa shape index (κ2) is 16.2. The van der Waals surface area contributed by atoms with E-state index in [-0.39, 0.29) is 0 Å². The topological polar surface area (TPSA) is 44.9 Å². The fourth-order valence-electron chi connectivity index (χ4n) is 10.8. The minimum Gasteiger partial charge on any atom is -0.309 e. The van der Waals surface area contributed by atoms with E-state index in [1.54, 1.807) is 6.07 Å². The lowest BCUT2D eigenvalue weighted by Crippen LogP contribution is -1.96. The molecule has 4 aromatic heterocycles. The number of benzene rings is 10. The fourth-order valence-corrected chi connectivity index (χ4v) is 10.8. The van der Waals surface area contributed by atoms with Crippen LogP contribution in [-0.4, -0.2) is 23.7 Å². The van der Waals surface area contributed by atoms with Crippen molar-refractivity contribution in [2.45, 2.75) is 0 Å². The SMILES string of the molecule is [C-]#[N+]c1cccc(-c2nc(-c3ccccc3)cc(-c3ccc(-c4ccc(-n5c6ccc(-n7c8ccccc8c8ccccc87)cc6c6cc(-n7c8ccccc8c8ccccc87)ccc65)cc4)cc3)n2)c1. The van der Waals surface area contributed by atoms with E-state index in [0.717, 1.165) is 67.3 Å². The molecule has 0 saturated carbocycles. The van der Waals surface area contributed by atoms with Crippen LogP contribution in [0.1, 0.15) is 0 Å². The lowest BCUT2D eigenvalue weighted by atomic mass is 10.0. The van der Waals surface area contributed by atoms with Crippen molar-refractivity contribution in [3.63, 3.8) is 0 Å². The Hall–Kier alpha value is -9.83. The Morgan fingerprint density at radius 1 is 0.282 bits per heavy atom. The van der Waals surface area contributed by atoms with Gasteiger partial charge in [0.05, 0.1) is 51.1 Å². The maximum atomic E-state index is 7.58. The summed E-state index contributed by atoms with van der Waals surface area (Å²) >= 11 is 0. The Kier molecular flexibility index (Phi) is 9.16. The molecular weight excluding hydrogens is 865 g/mol. The number of nitrogens with zero attached hydrogens (tertiary/aromatic N) is 6. The summed E-state index contributed by atoms with van der Waals surface area (Å²) in [5.74, 6) is 0.586. The van der Waals surface area contributed by atoms with Gasteiger partial charge in [0.2, 0.25) is 0 Å². The molecule has 0 atom stereocenters. The van der Waals surface area contributed by atoms with Crippen LogP contribution in [0.15, 0.2) is 243 Å². The van der Waals surface area contributed by atoms with E-state index in [9.17, 15) is 0 Å². The van der Waals surface area contributed by atoms with Crippen molar-refractivity contribution in [1.82, 2.24) is 23.7 Å². The van der Waals surface area contributed by atoms with Crippen molar-refractivity contribution in [2.75, 3.05) is 0 Å². The van der Waals surface area contributed by atoms with E-state index in [0.29, 0.717) is 11.5 Å². The van der Waals surface area contributed by atoms with Gasteiger partial charge in [-0.2, -0.15) is 0 Å². The van der Waals surface area contributed by atoms with Gasteiger partial charge in [0.1, 0.15) is 0 Å². The van der Waals surface area contributed by atoms with Gasteiger partial charge in [-0.3, -0.25) is 0 Å². The summed E-state index contributed by atoms with van der Waals surface area (Å²) in [6.07, 6.45) is 0. The molecule has 0 amide bonds. The zero-order chi connectivity index (χ0) is 47.0. The van der Waals surface area contributed by atoms with Gasteiger partial charge in [-0.1, -0.05) is 158 Å². The van der Waals surface area contributed by atoms with Crippen molar-refractivity contribution in [3.05, 3.63) is 254 Å². The average molecular weight is 905 g/mol. The highest BCUT2D eigenvalue weighted by Crippen LogP contribution is 2.40. The first-order valence-electron chi connectivity index (χ1n) is 23.8. The lowest BCUT2D eigenvalue weighted by Gasteiger charge is -2.12. The van der Waals surface area contributed by atoms with Crippen molar-refractivity contribution >= 4 is 71.1 Å². The summed E-state index contributed by atoms with van der Waals surface area (Å²) in [5.41, 5.74) is 17.6. The van der Waals surface area contributed by atoms with Gasteiger partial charge in [-0.25, -0.2) is 14.8 Å². The molecule has 0 aliphatic heterocycles. The van der Waals surface area contributed by atoms with Crippen LogP contribution < -0.4 is 0 Å². The third kappa shape index (κ3) is 6.56. The standard InChI is InChI=1S/C65H40N6/c1-66-47-17-13-16-46(38-47)65-67-57(44-14-3-2-4-15-44)41-58(68-65)45-28-26-42(27-29-45)43-30-32-48(33-31-43)69-63-36-34-49(70-59-22-9-5-18-51(59)52-19-6-10-23-60(52)70)39-55(63)56-40-50(35-37-64(56)69)71-61-24-11-7-20-53(61)54-21-8-12-25-62(54)71/h2-41H. The molecule has 0 aliphatic carbocycles. The van der Waals surface area contributed by atoms with Crippen LogP contribution in [0.3, 0.4) is 0 Å². The Bertz CT molecular complexity index is 4180. The normalized spacial score (nSPS) is 11.6. The third-order valence-electron chi connectivity index (χ3n) is 14.1. The fraction of sp³-hybridized carbons (Fsp3) is 0. The number of para-hydroxylation sites is 4. The van der Waals surface area contributed by atoms with E-state index >= 15 is 0 Å². The minimum atomic E-state index is 0.556. The molecule has 10 aromatic carbocycles. The van der Waals surface area contributed by atoms with E-state index in [4.69, 9.17) is 16.5 Å². The van der Waals surface area contributed by atoms with E-state index in [1.165, 1.54) is 54.4 Å². The monoisotopic (exact) mass is 904 g/mol. The van der Waals surface area contributed by atoms with Crippen molar-refractivity contribution in [1.29, 1.82) is 0 Å². The van der Waals surface area contributed by atoms with Gasteiger partial charge >= 0.3 is 0 Å². The molecule has 0 spiro atoms. The summed E-state index contributed by atoms with van der Waals surface area (Å²) in [5, 5.41) is 7.35. The highest BCUT2D eigenvalue weighted by atomic mass is 15.0. The third-order valence-corrected chi connectivity index (χ3v) is 14.1. The predicted molar refractivity (Wildman–Crippen MR) is 293 cm³/mol. The van der Waals surface area contributed by atoms with Crippen LogP contribution in [0.4, 0.5) is 5.69 Å². The van der Waals surface area contributed by atoms with Gasteiger partial charge < -0.3 is 13.7 Å². The molecule has 6 heteroatoms. The van der Waals surface area contributed by atoms with Crippen LogP contribution in [0, 0.1) is 6.57 Å². The predicted octanol–water partition coefficient (Wildman–Crippen LogP) is 17.0. The second-order valence-corrected chi connectivity index (χ2v) is 18.1. The molecule has 6 nitrogen and oxygen atoms in total. The molecule has 14 rings (SSSR count). The Morgan fingerprint density at radius 3 is 1.15 bits per heavy atom. The average Bonchev–Trinajstić information content (AvgIpc) is 4.08. The highest BCUT2D eigenvalue weighted by Gasteiger charge is 2.19. The Morgan fingerprint density at radius 2 is 0.662 bits per heavy atom. The first-order valence-corrected chi connectivity index (χ1v) is 23.8. The largest absolute Gasteiger partial charge is 0.309 e. The molecule has 71 heavy (non-hydrogen) atoms. The molecule has 0 saturated heterocycles. The van der Waals surface area contributed by atoms with E-state index in [1.807, 2.05) is 42.5 Å². The van der Waals surface area contributed by atoms with Gasteiger partial charge in [-0.05, 0) is 96.1 Å². The lowest BCUT2D eigenvalue weighted by molar-refractivity contribution is 1.16. The quantitative estimate of drug-likeness (QED) is 0.150. The summed E-state index contributed by atoms with van der Waals surface area (Å²) < 4.78 is 7.23. The van der Waals surface area contributed by atoms with Crippen molar-refractivity contribution < 1.29 is 0 Å². The zero-order valence-electron chi connectivity index (χ0n) is 38.3. The maximum Gasteiger partial charge on any atom is 0.187 e. The van der Waals surface area contributed by atoms with Crippen molar-refractivity contribution in [2.24, 2.45) is 0 Å². The molecule has 0 fully saturated rings. The second-order valence-electron chi connectivity index (χ2n) is 18.1. The van der Waals surface area contributed by atoms with Crippen LogP contribution in [0.5, 0.6) is 0 Å². The number of rotatable bonds is 7. The van der Waals surface area contributed by atoms with E-state index < -0.39 is 0 Å². The zero-order valence-corrected chi connectivity index (χ0v) is 38.3. The number of fused-ring (bicyclic) bond motifs is 9. The molecule has 0 radical (unpaired) electrons. The van der Waals surface area contributed by atoms with E-state index in [2.05, 4.69) is 213 Å². The summed E-state index contributed by atoms with van der Waals surface area (Å²) in [6.45, 7) is 7.58. The van der Waals surface area contributed by atoms with Gasteiger partial charge in [0, 0.05) is 66.1 Å². The number of hydrogen-bond donors (Lipinski definition) is 0. The maximum absolute atomic E-state index is 7.58. The van der Waals surface area contributed by atoms with Gasteiger partial charge in [0.15, 0.2) is 11.5 Å². The first kappa shape index (κ1) is 40.3. The molecule has 0 unspecified atom stereocenters. The van der Waals surface area contributed by atoms with Gasteiger partial charge in [-0.15, -0.1) is 0 Å². The van der Waals surface area contributed by atoms with Crippen molar-refractivity contribution in [3.8, 4) is 62.1 Å². The molecule has 0 N–H and O–H groups in total. The minimum absolute atomic E-state index is 0.556. The molecule has 0 aliphatic rings. The number of aromatic nitrogens is 5. The molecule has 14 aromatic rings. The van der Waals surface area contributed by atoms with Gasteiger partial charge in [0.25, 0.3) is 0 Å². The smallest absolute Gasteiger partial charge is 0.187 e. The van der Waals surface area contributed by atoms with Crippen LogP contribution >= 0.6 is 0 Å². The summed E-state index contributed by atoms with van der Waals surface area (Å²) in [6, 6.07) is 86.0. The van der Waals surface area contributed by atoms with Crippen LogP contribution in [-0.2, 0) is 0 Å². The van der Waals surface area contributed by atoms with Crippen LogP contribution in [0.2, 0.25) is 0 Å². The summed E-state index contributed by atoms with van der Waals surface area (Å²) in [4.78, 5) is 13.7. The summed E-state index contributed by atoms with van der Waals surface area (Å²) in [7, 11) is 0. The molecular formula is C65H40N6.